The van der Waals surface area contributed by atoms with Crippen molar-refractivity contribution in [3.8, 4) is 23.1 Å². The number of benzene rings is 2. The minimum Gasteiger partial charge on any atom is -0.493 e. The van der Waals surface area contributed by atoms with E-state index >= 15 is 0 Å². The highest BCUT2D eigenvalue weighted by molar-refractivity contribution is 6.33. The summed E-state index contributed by atoms with van der Waals surface area (Å²) in [4.78, 5) is 20.5. The minimum atomic E-state index is -0.297. The summed E-state index contributed by atoms with van der Waals surface area (Å²) in [5.41, 5.74) is 1.13. The Kier molecular flexibility index (Phi) is 7.72. The predicted octanol–water partition coefficient (Wildman–Crippen LogP) is 5.40. The molecule has 3 rings (SSSR count). The highest BCUT2D eigenvalue weighted by atomic mass is 35.5. The van der Waals surface area contributed by atoms with Crippen molar-refractivity contribution in [1.29, 1.82) is 0 Å². The molecule has 31 heavy (non-hydrogen) atoms. The van der Waals surface area contributed by atoms with E-state index in [1.807, 2.05) is 0 Å². The number of nitrogens with one attached hydrogen (secondary N) is 2. The van der Waals surface area contributed by atoms with E-state index in [9.17, 15) is 4.79 Å². The molecule has 2 aromatic carbocycles. The fraction of sp³-hybridized carbons (Fsp3) is 0.318. The number of nitrogens with zero attached hydrogens (tertiary/aromatic N) is 2. The zero-order chi connectivity index (χ0) is 22.2. The second kappa shape index (κ2) is 10.7. The van der Waals surface area contributed by atoms with E-state index in [2.05, 4.69) is 27.5 Å². The molecule has 0 aliphatic rings. The lowest BCUT2D eigenvalue weighted by Gasteiger charge is -2.13. The van der Waals surface area contributed by atoms with Crippen molar-refractivity contribution >= 4 is 34.2 Å². The van der Waals surface area contributed by atoms with Crippen LogP contribution >= 0.6 is 11.6 Å². The monoisotopic (exact) mass is 444 g/mol. The molecule has 0 fully saturated rings. The second-order valence-electron chi connectivity index (χ2n) is 6.73. The number of carbonyl (C=O) groups is 1. The quantitative estimate of drug-likeness (QED) is 0.429. The minimum absolute atomic E-state index is 0.297. The van der Waals surface area contributed by atoms with Crippen molar-refractivity contribution < 1.29 is 19.0 Å². The zero-order valence-corrected chi connectivity index (χ0v) is 18.5. The molecule has 1 aromatic heterocycles. The van der Waals surface area contributed by atoms with Gasteiger partial charge in [0.25, 0.3) is 0 Å². The Morgan fingerprint density at radius 2 is 1.84 bits per heavy atom. The number of rotatable bonds is 9. The number of ether oxygens (including phenoxy) is 3. The van der Waals surface area contributed by atoms with Crippen molar-refractivity contribution in [2.24, 2.45) is 0 Å². The average molecular weight is 445 g/mol. The van der Waals surface area contributed by atoms with E-state index < -0.39 is 0 Å². The number of aromatic nitrogens is 2. The van der Waals surface area contributed by atoms with E-state index in [1.54, 1.807) is 44.6 Å². The van der Waals surface area contributed by atoms with Crippen molar-refractivity contribution in [2.75, 3.05) is 26.1 Å². The molecule has 0 aliphatic heterocycles. The topological polar surface area (TPSA) is 94.6 Å². The van der Waals surface area contributed by atoms with Crippen LogP contribution in [0.15, 0.2) is 36.7 Å². The van der Waals surface area contributed by atoms with Crippen LogP contribution in [0.5, 0.6) is 23.1 Å². The Hall–Kier alpha value is -3.26. The third-order valence-electron chi connectivity index (χ3n) is 4.57. The molecular weight excluding hydrogens is 420 g/mol. The molecule has 8 nitrogen and oxygen atoms in total. The average Bonchev–Trinajstić information content (AvgIpc) is 2.78. The molecule has 0 unspecified atom stereocenters. The van der Waals surface area contributed by atoms with Gasteiger partial charge in [0.15, 0.2) is 11.5 Å². The molecule has 0 saturated heterocycles. The van der Waals surface area contributed by atoms with Gasteiger partial charge in [-0.05, 0) is 24.6 Å². The van der Waals surface area contributed by atoms with E-state index in [0.29, 0.717) is 51.3 Å². The third kappa shape index (κ3) is 5.67. The van der Waals surface area contributed by atoms with Gasteiger partial charge in [-0.15, -0.1) is 0 Å². The molecule has 0 radical (unpaired) electrons. The first-order valence-electron chi connectivity index (χ1n) is 9.94. The number of methoxy groups -OCH3 is 2. The fourth-order valence-corrected chi connectivity index (χ4v) is 3.17. The van der Waals surface area contributed by atoms with Crippen LogP contribution in [-0.2, 0) is 0 Å². The van der Waals surface area contributed by atoms with Crippen LogP contribution < -0.4 is 24.8 Å². The van der Waals surface area contributed by atoms with Crippen LogP contribution in [0.2, 0.25) is 5.02 Å². The first-order chi connectivity index (χ1) is 15.0. The standard InChI is InChI=1S/C22H25ClN4O4/c1-4-5-6-9-24-22(28)27-17-8-7-14(10-16(17)23)31-21-15-11-19(29-2)20(30-3)12-18(15)25-13-26-21/h7-8,10-13H,4-6,9H2,1-3H3,(H2,24,27,28). The van der Waals surface area contributed by atoms with E-state index in [-0.39, 0.29) is 6.03 Å². The van der Waals surface area contributed by atoms with Crippen LogP contribution in [0, 0.1) is 0 Å². The van der Waals surface area contributed by atoms with Gasteiger partial charge in [-0.3, -0.25) is 0 Å². The number of fused-ring (bicyclic) bond motifs is 1. The van der Waals surface area contributed by atoms with E-state index in [0.717, 1.165) is 19.3 Å². The first-order valence-corrected chi connectivity index (χ1v) is 10.3. The number of urea groups is 1. The van der Waals surface area contributed by atoms with Crippen molar-refractivity contribution in [1.82, 2.24) is 15.3 Å². The highest BCUT2D eigenvalue weighted by Gasteiger charge is 2.13. The summed E-state index contributed by atoms with van der Waals surface area (Å²) >= 11 is 6.34. The normalized spacial score (nSPS) is 10.6. The fourth-order valence-electron chi connectivity index (χ4n) is 2.96. The lowest BCUT2D eigenvalue weighted by Crippen LogP contribution is -2.29. The first kappa shape index (κ1) is 22.4. The van der Waals surface area contributed by atoms with E-state index in [1.165, 1.54) is 6.33 Å². The summed E-state index contributed by atoms with van der Waals surface area (Å²) in [5, 5.41) is 6.55. The molecular formula is C22H25ClN4O4. The molecule has 0 atom stereocenters. The Morgan fingerprint density at radius 1 is 1.06 bits per heavy atom. The van der Waals surface area contributed by atoms with Crippen LogP contribution in [0.1, 0.15) is 26.2 Å². The van der Waals surface area contributed by atoms with Gasteiger partial charge in [0.05, 0.1) is 35.8 Å². The number of carbonyl (C=O) groups excluding carboxylic acids is 1. The Bertz CT molecular complexity index is 1060. The zero-order valence-electron chi connectivity index (χ0n) is 17.7. The molecule has 164 valence electrons. The summed E-state index contributed by atoms with van der Waals surface area (Å²) in [6.45, 7) is 2.73. The maximum atomic E-state index is 12.0. The van der Waals surface area contributed by atoms with Gasteiger partial charge in [0.2, 0.25) is 5.88 Å². The molecule has 0 aliphatic carbocycles. The van der Waals surface area contributed by atoms with Gasteiger partial charge >= 0.3 is 6.03 Å². The summed E-state index contributed by atoms with van der Waals surface area (Å²) in [6.07, 6.45) is 4.51. The summed E-state index contributed by atoms with van der Waals surface area (Å²) in [7, 11) is 3.12. The number of hydrogen-bond donors (Lipinski definition) is 2. The molecule has 1 heterocycles. The highest BCUT2D eigenvalue weighted by Crippen LogP contribution is 2.36. The molecule has 9 heteroatoms. The summed E-state index contributed by atoms with van der Waals surface area (Å²) in [6, 6.07) is 8.20. The van der Waals surface area contributed by atoms with Crippen LogP contribution in [0.3, 0.4) is 0 Å². The largest absolute Gasteiger partial charge is 0.493 e. The Labute approximate surface area is 185 Å². The second-order valence-corrected chi connectivity index (χ2v) is 7.14. The van der Waals surface area contributed by atoms with Crippen LogP contribution in [0.4, 0.5) is 10.5 Å². The van der Waals surface area contributed by atoms with E-state index in [4.69, 9.17) is 25.8 Å². The molecule has 2 N–H and O–H groups in total. The van der Waals surface area contributed by atoms with Gasteiger partial charge in [-0.2, -0.15) is 0 Å². The smallest absolute Gasteiger partial charge is 0.319 e. The number of unbranched alkanes of at least 4 members (excludes halogenated alkanes) is 2. The number of hydrogen-bond acceptors (Lipinski definition) is 6. The Morgan fingerprint density at radius 3 is 2.55 bits per heavy atom. The SMILES string of the molecule is CCCCCNC(=O)Nc1ccc(Oc2ncnc3cc(OC)c(OC)cc23)cc1Cl. The van der Waals surface area contributed by atoms with Crippen LogP contribution in [-0.4, -0.2) is 36.8 Å². The summed E-state index contributed by atoms with van der Waals surface area (Å²) in [5.74, 6) is 1.91. The molecule has 0 saturated carbocycles. The lowest BCUT2D eigenvalue weighted by molar-refractivity contribution is 0.252. The van der Waals surface area contributed by atoms with Crippen molar-refractivity contribution in [2.45, 2.75) is 26.2 Å². The number of anilines is 1. The van der Waals surface area contributed by atoms with Crippen molar-refractivity contribution in [3.05, 3.63) is 41.7 Å². The molecule has 3 aromatic rings. The lowest BCUT2D eigenvalue weighted by atomic mass is 10.2. The molecule has 0 spiro atoms. The van der Waals surface area contributed by atoms with Gasteiger partial charge in [-0.1, -0.05) is 31.4 Å². The van der Waals surface area contributed by atoms with Gasteiger partial charge in [0.1, 0.15) is 12.1 Å². The van der Waals surface area contributed by atoms with Crippen LogP contribution in [0.25, 0.3) is 10.9 Å². The van der Waals surface area contributed by atoms with Gasteiger partial charge in [0, 0.05) is 18.7 Å². The van der Waals surface area contributed by atoms with Gasteiger partial charge in [-0.25, -0.2) is 14.8 Å². The van der Waals surface area contributed by atoms with Gasteiger partial charge < -0.3 is 24.8 Å². The molecule has 0 bridgehead atoms. The third-order valence-corrected chi connectivity index (χ3v) is 4.89. The number of halogens is 1. The Balaban J connectivity index is 1.75. The predicted molar refractivity (Wildman–Crippen MR) is 121 cm³/mol. The molecule has 2 amide bonds. The van der Waals surface area contributed by atoms with Crippen molar-refractivity contribution in [3.63, 3.8) is 0 Å². The maximum Gasteiger partial charge on any atom is 0.319 e. The number of amides is 2. The maximum absolute atomic E-state index is 12.0. The summed E-state index contributed by atoms with van der Waals surface area (Å²) < 4.78 is 16.6.